The largest absolute Gasteiger partial charge is 0.480 e. The smallest absolute Gasteiger partial charge is 0.408 e. The van der Waals surface area contributed by atoms with Crippen LogP contribution < -0.4 is 10.6 Å². The van der Waals surface area contributed by atoms with Crippen LogP contribution in [0.15, 0.2) is 60.7 Å². The molecule has 0 aromatic heterocycles. The first-order valence-electron chi connectivity index (χ1n) is 10.8. The second kappa shape index (κ2) is 12.4. The number of hydrogen-bond donors (Lipinski definition) is 3. The number of aliphatic carboxylic acids is 1. The van der Waals surface area contributed by atoms with Gasteiger partial charge in [0.1, 0.15) is 24.3 Å². The van der Waals surface area contributed by atoms with Crippen molar-refractivity contribution in [3.63, 3.8) is 0 Å². The Kier molecular flexibility index (Phi) is 9.61. The fourth-order valence-corrected chi connectivity index (χ4v) is 2.99. The summed E-state index contributed by atoms with van der Waals surface area (Å²) < 4.78 is 10.4. The molecule has 0 bridgehead atoms. The standard InChI is InChI=1S/C25H30N2O7/c1-25(2,3)34-21(28)15-19(27-24(32)33-16-18-12-8-5-9-13-18)22(29)26-20(23(30)31)14-17-10-6-4-7-11-17/h4-13,19-20H,14-16H2,1-3H3,(H,26,29)(H,27,32)(H,30,31)/t19-,20?/m0/s1. The molecule has 0 aliphatic carbocycles. The fourth-order valence-electron chi connectivity index (χ4n) is 2.99. The monoisotopic (exact) mass is 470 g/mol. The number of carbonyl (C=O) groups excluding carboxylic acids is 3. The van der Waals surface area contributed by atoms with E-state index >= 15 is 0 Å². The molecule has 2 atom stereocenters. The number of ether oxygens (including phenoxy) is 2. The number of hydrogen-bond acceptors (Lipinski definition) is 6. The van der Waals surface area contributed by atoms with E-state index in [9.17, 15) is 24.3 Å². The number of nitrogens with one attached hydrogen (secondary N) is 2. The van der Waals surface area contributed by atoms with E-state index in [1.54, 1.807) is 75.4 Å². The maximum atomic E-state index is 12.9. The topological polar surface area (TPSA) is 131 Å². The van der Waals surface area contributed by atoms with Crippen molar-refractivity contribution < 1.29 is 33.8 Å². The molecular weight excluding hydrogens is 440 g/mol. The molecule has 3 N–H and O–H groups in total. The van der Waals surface area contributed by atoms with Gasteiger partial charge in [-0.2, -0.15) is 0 Å². The van der Waals surface area contributed by atoms with Gasteiger partial charge in [0.05, 0.1) is 6.42 Å². The number of benzene rings is 2. The average Bonchev–Trinajstić information content (AvgIpc) is 2.77. The highest BCUT2D eigenvalue weighted by Crippen LogP contribution is 2.11. The number of amides is 2. The van der Waals surface area contributed by atoms with Crippen molar-refractivity contribution in [2.45, 2.75) is 57.9 Å². The van der Waals surface area contributed by atoms with Crippen molar-refractivity contribution >= 4 is 23.9 Å². The minimum absolute atomic E-state index is 0.0273. The van der Waals surface area contributed by atoms with Crippen LogP contribution in [0.2, 0.25) is 0 Å². The van der Waals surface area contributed by atoms with E-state index in [-0.39, 0.29) is 13.0 Å². The first kappa shape index (κ1) is 26.4. The van der Waals surface area contributed by atoms with Crippen molar-refractivity contribution in [1.82, 2.24) is 10.6 Å². The van der Waals surface area contributed by atoms with E-state index in [2.05, 4.69) is 10.6 Å². The molecule has 2 aromatic carbocycles. The highest BCUT2D eigenvalue weighted by atomic mass is 16.6. The molecule has 0 fully saturated rings. The summed E-state index contributed by atoms with van der Waals surface area (Å²) in [6.45, 7) is 4.96. The Balaban J connectivity index is 2.09. The quantitative estimate of drug-likeness (QED) is 0.455. The summed E-state index contributed by atoms with van der Waals surface area (Å²) >= 11 is 0. The molecule has 0 saturated carbocycles. The van der Waals surface area contributed by atoms with Gasteiger partial charge in [0.25, 0.3) is 0 Å². The molecular formula is C25H30N2O7. The molecule has 0 spiro atoms. The predicted molar refractivity (Wildman–Crippen MR) is 124 cm³/mol. The molecule has 0 radical (unpaired) electrons. The van der Waals surface area contributed by atoms with Crippen LogP contribution in [-0.4, -0.2) is 46.7 Å². The number of carboxylic acid groups (broad SMARTS) is 1. The van der Waals surface area contributed by atoms with E-state index in [0.29, 0.717) is 5.56 Å². The lowest BCUT2D eigenvalue weighted by atomic mass is 10.1. The molecule has 0 aliphatic heterocycles. The van der Waals surface area contributed by atoms with E-state index in [1.807, 2.05) is 6.07 Å². The summed E-state index contributed by atoms with van der Waals surface area (Å²) in [6, 6.07) is 15.0. The van der Waals surface area contributed by atoms with Crippen LogP contribution in [0.3, 0.4) is 0 Å². The van der Waals surface area contributed by atoms with E-state index in [4.69, 9.17) is 9.47 Å². The summed E-state index contributed by atoms with van der Waals surface area (Å²) in [6.07, 6.45) is -1.40. The molecule has 1 unspecified atom stereocenters. The number of carbonyl (C=O) groups is 4. The van der Waals surface area contributed by atoms with Crippen LogP contribution in [0.1, 0.15) is 38.3 Å². The van der Waals surface area contributed by atoms with Crippen LogP contribution in [0.5, 0.6) is 0 Å². The third-order valence-corrected chi connectivity index (χ3v) is 4.51. The van der Waals surface area contributed by atoms with Crippen LogP contribution in [0.25, 0.3) is 0 Å². The number of alkyl carbamates (subject to hydrolysis) is 1. The first-order valence-corrected chi connectivity index (χ1v) is 10.8. The Hall–Kier alpha value is -3.88. The van der Waals surface area contributed by atoms with Crippen LogP contribution in [-0.2, 0) is 36.9 Å². The third-order valence-electron chi connectivity index (χ3n) is 4.51. The van der Waals surface area contributed by atoms with Gasteiger partial charge in [-0.15, -0.1) is 0 Å². The summed E-state index contributed by atoms with van der Waals surface area (Å²) in [4.78, 5) is 49.3. The van der Waals surface area contributed by atoms with Gasteiger partial charge in [0, 0.05) is 6.42 Å². The minimum Gasteiger partial charge on any atom is -0.480 e. The Labute approximate surface area is 198 Å². The second-order valence-electron chi connectivity index (χ2n) is 8.64. The maximum Gasteiger partial charge on any atom is 0.408 e. The number of esters is 1. The first-order chi connectivity index (χ1) is 16.0. The van der Waals surface area contributed by atoms with Gasteiger partial charge in [0.2, 0.25) is 5.91 Å². The van der Waals surface area contributed by atoms with E-state index < -0.39 is 48.0 Å². The Morgan fingerprint density at radius 3 is 1.94 bits per heavy atom. The SMILES string of the molecule is CC(C)(C)OC(=O)C[C@H](NC(=O)OCc1ccccc1)C(=O)NC(Cc1ccccc1)C(=O)O. The zero-order valence-corrected chi connectivity index (χ0v) is 19.4. The Morgan fingerprint density at radius 2 is 1.41 bits per heavy atom. The summed E-state index contributed by atoms with van der Waals surface area (Å²) in [5.41, 5.74) is 0.636. The highest BCUT2D eigenvalue weighted by Gasteiger charge is 2.30. The van der Waals surface area contributed by atoms with Gasteiger partial charge < -0.3 is 25.2 Å². The van der Waals surface area contributed by atoms with Crippen LogP contribution in [0.4, 0.5) is 4.79 Å². The second-order valence-corrected chi connectivity index (χ2v) is 8.64. The van der Waals surface area contributed by atoms with Crippen molar-refractivity contribution in [2.75, 3.05) is 0 Å². The lowest BCUT2D eigenvalue weighted by Gasteiger charge is -2.23. The highest BCUT2D eigenvalue weighted by molar-refractivity contribution is 5.92. The van der Waals surface area contributed by atoms with Crippen molar-refractivity contribution in [2.24, 2.45) is 0 Å². The van der Waals surface area contributed by atoms with Gasteiger partial charge in [-0.05, 0) is 31.9 Å². The molecule has 2 amide bonds. The Bertz CT molecular complexity index is 972. The molecule has 9 heteroatoms. The van der Waals surface area contributed by atoms with Crippen molar-refractivity contribution in [3.8, 4) is 0 Å². The zero-order valence-electron chi connectivity index (χ0n) is 19.4. The average molecular weight is 471 g/mol. The predicted octanol–water partition coefficient (Wildman–Crippen LogP) is 2.83. The van der Waals surface area contributed by atoms with Crippen LogP contribution >= 0.6 is 0 Å². The molecule has 0 aliphatic rings. The Morgan fingerprint density at radius 1 is 0.853 bits per heavy atom. The molecule has 0 saturated heterocycles. The molecule has 34 heavy (non-hydrogen) atoms. The van der Waals surface area contributed by atoms with Crippen LogP contribution in [0, 0.1) is 0 Å². The van der Waals surface area contributed by atoms with Gasteiger partial charge in [-0.3, -0.25) is 9.59 Å². The number of rotatable bonds is 10. The molecule has 2 aromatic rings. The summed E-state index contributed by atoms with van der Waals surface area (Å²) in [5.74, 6) is -2.82. The molecule has 2 rings (SSSR count). The number of carboxylic acids is 1. The fraction of sp³-hybridized carbons (Fsp3) is 0.360. The molecule has 182 valence electrons. The summed E-state index contributed by atoms with van der Waals surface area (Å²) in [5, 5.41) is 14.3. The van der Waals surface area contributed by atoms with Crippen molar-refractivity contribution in [1.29, 1.82) is 0 Å². The van der Waals surface area contributed by atoms with E-state index in [0.717, 1.165) is 5.56 Å². The molecule has 9 nitrogen and oxygen atoms in total. The van der Waals surface area contributed by atoms with E-state index in [1.165, 1.54) is 0 Å². The van der Waals surface area contributed by atoms with Gasteiger partial charge in [-0.1, -0.05) is 60.7 Å². The van der Waals surface area contributed by atoms with Gasteiger partial charge in [-0.25, -0.2) is 9.59 Å². The normalized spacial score (nSPS) is 12.7. The van der Waals surface area contributed by atoms with Crippen molar-refractivity contribution in [3.05, 3.63) is 71.8 Å². The maximum absolute atomic E-state index is 12.9. The zero-order chi connectivity index (χ0) is 25.1. The molecule has 0 heterocycles. The lowest BCUT2D eigenvalue weighted by molar-refractivity contribution is -0.156. The summed E-state index contributed by atoms with van der Waals surface area (Å²) in [7, 11) is 0. The van der Waals surface area contributed by atoms with Gasteiger partial charge >= 0.3 is 18.0 Å². The third kappa shape index (κ3) is 9.72. The minimum atomic E-state index is -1.39. The van der Waals surface area contributed by atoms with Gasteiger partial charge in [0.15, 0.2) is 0 Å². The lowest BCUT2D eigenvalue weighted by Crippen LogP contribution is -2.53.